The van der Waals surface area contributed by atoms with E-state index in [1.165, 1.54) is 20.3 Å². The Bertz CT molecular complexity index is 1000. The summed E-state index contributed by atoms with van der Waals surface area (Å²) in [5, 5.41) is 9.79. The maximum atomic E-state index is 13.6. The highest BCUT2D eigenvalue weighted by molar-refractivity contribution is 6.10. The average molecular weight is 399 g/mol. The number of hydrogen-bond acceptors (Lipinski definition) is 7. The minimum atomic E-state index is -1.26. The van der Waals surface area contributed by atoms with E-state index >= 15 is 0 Å². The first-order valence-corrected chi connectivity index (χ1v) is 9.11. The molecular weight excluding hydrogens is 378 g/mol. The maximum absolute atomic E-state index is 13.6. The lowest BCUT2D eigenvalue weighted by atomic mass is 9.86. The Morgan fingerprint density at radius 2 is 1.86 bits per heavy atom. The molecule has 0 fully saturated rings. The van der Waals surface area contributed by atoms with Gasteiger partial charge < -0.3 is 24.1 Å². The van der Waals surface area contributed by atoms with E-state index in [1.807, 2.05) is 24.1 Å². The second kappa shape index (κ2) is 7.29. The number of carboxylic acids is 1. The summed E-state index contributed by atoms with van der Waals surface area (Å²) in [5.74, 6) is -0.0592. The molecule has 0 aliphatic carbocycles. The van der Waals surface area contributed by atoms with Crippen LogP contribution in [0.3, 0.4) is 0 Å². The first kappa shape index (κ1) is 19.1. The largest absolute Gasteiger partial charge is 0.493 e. The summed E-state index contributed by atoms with van der Waals surface area (Å²) in [4.78, 5) is 27.5. The summed E-state index contributed by atoms with van der Waals surface area (Å²) < 4.78 is 21.4. The molecule has 8 nitrogen and oxygen atoms in total. The molecule has 0 unspecified atom stereocenters. The first-order chi connectivity index (χ1) is 14.0. The van der Waals surface area contributed by atoms with Gasteiger partial charge >= 0.3 is 5.97 Å². The van der Waals surface area contributed by atoms with Crippen molar-refractivity contribution in [2.75, 3.05) is 34.6 Å². The van der Waals surface area contributed by atoms with E-state index < -0.39 is 12.0 Å². The molecular formula is C21H21NO7. The predicted molar refractivity (Wildman–Crippen MR) is 102 cm³/mol. The highest BCUT2D eigenvalue weighted by Gasteiger charge is 2.36. The summed E-state index contributed by atoms with van der Waals surface area (Å²) in [6.45, 7) is 0.796. The standard InChI is InChI=1S/C21H21NO7/c1-22-7-6-11-8-15-16(29-10-28-15)9-13(11)18(22)19(23)12-4-5-14(26-2)20(27-3)17(12)21(24)25/h4-5,8-9,18H,6-7,10H2,1-3H3,(H,24,25)/t18-/m0/s1. The fourth-order valence-electron chi connectivity index (χ4n) is 3.97. The van der Waals surface area contributed by atoms with Crippen molar-refractivity contribution in [2.45, 2.75) is 12.5 Å². The van der Waals surface area contributed by atoms with Gasteiger partial charge in [0, 0.05) is 12.1 Å². The molecule has 2 aliphatic rings. The van der Waals surface area contributed by atoms with Crippen LogP contribution in [0.2, 0.25) is 0 Å². The first-order valence-electron chi connectivity index (χ1n) is 9.11. The molecule has 4 rings (SSSR count). The molecule has 0 saturated heterocycles. The zero-order valence-electron chi connectivity index (χ0n) is 16.4. The molecule has 0 amide bonds. The average Bonchev–Trinajstić information content (AvgIpc) is 3.17. The number of carboxylic acid groups (broad SMARTS) is 1. The van der Waals surface area contributed by atoms with Crippen LogP contribution in [-0.2, 0) is 6.42 Å². The molecule has 0 aromatic heterocycles. The van der Waals surface area contributed by atoms with Crippen LogP contribution in [0, 0.1) is 0 Å². The van der Waals surface area contributed by atoms with Crippen molar-refractivity contribution in [3.63, 3.8) is 0 Å². The molecule has 29 heavy (non-hydrogen) atoms. The number of benzene rings is 2. The molecule has 2 aromatic carbocycles. The van der Waals surface area contributed by atoms with E-state index in [2.05, 4.69) is 0 Å². The van der Waals surface area contributed by atoms with Gasteiger partial charge in [-0.2, -0.15) is 0 Å². The molecule has 0 radical (unpaired) electrons. The van der Waals surface area contributed by atoms with Crippen molar-refractivity contribution < 1.29 is 33.6 Å². The second-order valence-corrected chi connectivity index (χ2v) is 6.93. The smallest absolute Gasteiger partial charge is 0.340 e. The van der Waals surface area contributed by atoms with Crippen LogP contribution in [0.25, 0.3) is 0 Å². The van der Waals surface area contributed by atoms with E-state index in [0.717, 1.165) is 17.5 Å². The SMILES string of the molecule is COc1ccc(C(=O)[C@@H]2c3cc4c(cc3CCN2C)OCO4)c(C(=O)O)c1OC. The van der Waals surface area contributed by atoms with Crippen LogP contribution >= 0.6 is 0 Å². The molecule has 1 N–H and O–H groups in total. The summed E-state index contributed by atoms with van der Waals surface area (Å²) in [6.07, 6.45) is 0.754. The van der Waals surface area contributed by atoms with Crippen molar-refractivity contribution in [1.82, 2.24) is 4.90 Å². The van der Waals surface area contributed by atoms with Gasteiger partial charge in [-0.15, -0.1) is 0 Å². The Kier molecular flexibility index (Phi) is 4.79. The normalized spacial score (nSPS) is 17.6. The maximum Gasteiger partial charge on any atom is 0.340 e. The summed E-state index contributed by atoms with van der Waals surface area (Å²) in [6, 6.07) is 6.09. The third-order valence-electron chi connectivity index (χ3n) is 5.38. The van der Waals surface area contributed by atoms with Crippen LogP contribution in [0.1, 0.15) is 37.9 Å². The monoisotopic (exact) mass is 399 g/mol. The molecule has 2 aromatic rings. The number of fused-ring (bicyclic) bond motifs is 2. The fraction of sp³-hybridized carbons (Fsp3) is 0.333. The minimum Gasteiger partial charge on any atom is -0.493 e. The molecule has 8 heteroatoms. The van der Waals surface area contributed by atoms with E-state index in [-0.39, 0.29) is 35.2 Å². The van der Waals surface area contributed by atoms with Gasteiger partial charge in [0.25, 0.3) is 0 Å². The molecule has 2 aliphatic heterocycles. The van der Waals surface area contributed by atoms with Crippen LogP contribution in [0.15, 0.2) is 24.3 Å². The Morgan fingerprint density at radius 3 is 2.52 bits per heavy atom. The third kappa shape index (κ3) is 3.05. The van der Waals surface area contributed by atoms with Gasteiger partial charge in [0.05, 0.1) is 20.3 Å². The summed E-state index contributed by atoms with van der Waals surface area (Å²) >= 11 is 0. The number of carbonyl (C=O) groups is 2. The topological polar surface area (TPSA) is 94.5 Å². The summed E-state index contributed by atoms with van der Waals surface area (Å²) in [5.41, 5.74) is 1.64. The number of likely N-dealkylation sites (N-methyl/N-ethyl adjacent to an activating group) is 1. The number of ketones is 1. The Morgan fingerprint density at radius 1 is 1.14 bits per heavy atom. The van der Waals surface area contributed by atoms with Gasteiger partial charge in [0.15, 0.2) is 28.8 Å². The molecule has 2 heterocycles. The van der Waals surface area contributed by atoms with Crippen LogP contribution < -0.4 is 18.9 Å². The number of hydrogen-bond donors (Lipinski definition) is 1. The zero-order valence-corrected chi connectivity index (χ0v) is 16.4. The van der Waals surface area contributed by atoms with Crippen molar-refractivity contribution in [3.05, 3.63) is 46.5 Å². The Balaban J connectivity index is 1.85. The highest BCUT2D eigenvalue weighted by Crippen LogP contribution is 2.42. The Labute approximate surface area is 167 Å². The van der Waals surface area contributed by atoms with Crippen LogP contribution in [0.5, 0.6) is 23.0 Å². The minimum absolute atomic E-state index is 0.0234. The number of nitrogens with zero attached hydrogens (tertiary/aromatic N) is 1. The lowest BCUT2D eigenvalue weighted by molar-refractivity contribution is 0.0681. The number of methoxy groups -OCH3 is 2. The van der Waals surface area contributed by atoms with E-state index in [9.17, 15) is 14.7 Å². The van der Waals surface area contributed by atoms with Crippen molar-refractivity contribution >= 4 is 11.8 Å². The van der Waals surface area contributed by atoms with Gasteiger partial charge in [-0.25, -0.2) is 4.79 Å². The molecule has 1 atom stereocenters. The van der Waals surface area contributed by atoms with E-state index in [1.54, 1.807) is 6.07 Å². The second-order valence-electron chi connectivity index (χ2n) is 6.93. The zero-order chi connectivity index (χ0) is 20.7. The van der Waals surface area contributed by atoms with E-state index in [4.69, 9.17) is 18.9 Å². The van der Waals surface area contributed by atoms with Gasteiger partial charge in [-0.1, -0.05) is 0 Å². The lowest BCUT2D eigenvalue weighted by Crippen LogP contribution is -2.37. The van der Waals surface area contributed by atoms with Gasteiger partial charge in [-0.3, -0.25) is 9.69 Å². The summed E-state index contributed by atoms with van der Waals surface area (Å²) in [7, 11) is 4.61. The van der Waals surface area contributed by atoms with Crippen LogP contribution in [-0.4, -0.2) is 56.4 Å². The van der Waals surface area contributed by atoms with Crippen LogP contribution in [0.4, 0.5) is 0 Å². The van der Waals surface area contributed by atoms with E-state index in [0.29, 0.717) is 18.0 Å². The number of rotatable bonds is 5. The van der Waals surface area contributed by atoms with Gasteiger partial charge in [0.1, 0.15) is 5.56 Å². The molecule has 0 saturated carbocycles. The number of Topliss-reactive ketones (excluding diaryl/α,β-unsaturated/α-hetero) is 1. The predicted octanol–water partition coefficient (Wildman–Crippen LogP) is 2.54. The quantitative estimate of drug-likeness (QED) is 0.767. The van der Waals surface area contributed by atoms with Crippen molar-refractivity contribution in [3.8, 4) is 23.0 Å². The fourth-order valence-corrected chi connectivity index (χ4v) is 3.97. The van der Waals surface area contributed by atoms with Crippen molar-refractivity contribution in [1.29, 1.82) is 0 Å². The molecule has 0 bridgehead atoms. The third-order valence-corrected chi connectivity index (χ3v) is 5.38. The molecule has 0 spiro atoms. The number of ether oxygens (including phenoxy) is 4. The highest BCUT2D eigenvalue weighted by atomic mass is 16.7. The van der Waals surface area contributed by atoms with Crippen molar-refractivity contribution in [2.24, 2.45) is 0 Å². The van der Waals surface area contributed by atoms with Gasteiger partial charge in [-0.05, 0) is 48.9 Å². The lowest BCUT2D eigenvalue weighted by Gasteiger charge is -2.34. The number of aromatic carboxylic acids is 1. The Hall–Kier alpha value is -3.26. The molecule has 152 valence electrons. The number of carbonyl (C=O) groups excluding carboxylic acids is 1. The van der Waals surface area contributed by atoms with Gasteiger partial charge in [0.2, 0.25) is 6.79 Å².